The highest BCUT2D eigenvalue weighted by Crippen LogP contribution is 2.27. The zero-order chi connectivity index (χ0) is 17.3. The highest BCUT2D eigenvalue weighted by molar-refractivity contribution is 5.96. The van der Waals surface area contributed by atoms with E-state index >= 15 is 0 Å². The molecule has 1 saturated heterocycles. The number of nitrogens with zero attached hydrogens (tertiary/aromatic N) is 3. The molecule has 0 radical (unpaired) electrons. The number of hydrogen-bond donors (Lipinski definition) is 3. The molecular weight excluding hydrogens is 316 g/mol. The number of hydrogen-bond acceptors (Lipinski definition) is 7. The van der Waals surface area contributed by atoms with Crippen molar-refractivity contribution < 1.29 is 4.74 Å². The maximum Gasteiger partial charge on any atom is 0.208 e. The summed E-state index contributed by atoms with van der Waals surface area (Å²) in [5.41, 5.74) is 16.4. The van der Waals surface area contributed by atoms with E-state index in [1.807, 2.05) is 36.4 Å². The minimum absolute atomic E-state index is 0.565. The zero-order valence-electron chi connectivity index (χ0n) is 14.2. The Bertz CT molecular complexity index is 720. The first-order chi connectivity index (χ1) is 12.1. The van der Waals surface area contributed by atoms with E-state index in [-0.39, 0.29) is 0 Å². The predicted molar refractivity (Wildman–Crippen MR) is 97.3 cm³/mol. The van der Waals surface area contributed by atoms with Gasteiger partial charge in [-0.3, -0.25) is 10.6 Å². The van der Waals surface area contributed by atoms with Crippen molar-refractivity contribution in [2.75, 3.05) is 26.2 Å². The Hall–Kier alpha value is -2.35. The molecule has 1 fully saturated rings. The number of fused-ring (bicyclic) bond motifs is 1. The van der Waals surface area contributed by atoms with E-state index in [1.165, 1.54) is 25.9 Å². The number of nitrogens with one attached hydrogen (secondary N) is 1. The number of hydrazine groups is 1. The summed E-state index contributed by atoms with van der Waals surface area (Å²) in [4.78, 5) is 6.99. The Morgan fingerprint density at radius 2 is 1.96 bits per heavy atom. The molecule has 1 aromatic rings. The van der Waals surface area contributed by atoms with Gasteiger partial charge in [-0.15, -0.1) is 0 Å². The molecule has 7 nitrogen and oxygen atoms in total. The molecular formula is C18H24N6O. The fraction of sp³-hybridized carbons (Fsp3) is 0.389. The lowest BCUT2D eigenvalue weighted by Crippen LogP contribution is -2.52. The second kappa shape index (κ2) is 6.51. The topological polar surface area (TPSA) is 92.1 Å². The van der Waals surface area contributed by atoms with E-state index in [0.29, 0.717) is 18.3 Å². The van der Waals surface area contributed by atoms with Crippen LogP contribution in [0, 0.1) is 0 Å². The van der Waals surface area contributed by atoms with Crippen molar-refractivity contribution in [2.45, 2.75) is 18.6 Å². The van der Waals surface area contributed by atoms with Gasteiger partial charge in [-0.25, -0.2) is 10.0 Å². The van der Waals surface area contributed by atoms with E-state index in [2.05, 4.69) is 15.3 Å². The molecule has 0 aliphatic carbocycles. The molecule has 0 bridgehead atoms. The van der Waals surface area contributed by atoms with Gasteiger partial charge in [-0.2, -0.15) is 5.43 Å². The Morgan fingerprint density at radius 1 is 1.20 bits per heavy atom. The molecule has 0 saturated carbocycles. The molecule has 7 heteroatoms. The number of rotatable bonds is 5. The lowest BCUT2D eigenvalue weighted by molar-refractivity contribution is 0.237. The lowest BCUT2D eigenvalue weighted by atomic mass is 10.1. The SMILES string of the molecule is NC1=CC=CC2=NC(N)(c3ccc(OCCN4CCCC4)cc3)NN12. The number of benzene rings is 1. The van der Waals surface area contributed by atoms with E-state index in [1.54, 1.807) is 11.1 Å². The van der Waals surface area contributed by atoms with Crippen LogP contribution < -0.4 is 21.6 Å². The molecule has 1 aromatic carbocycles. The molecule has 25 heavy (non-hydrogen) atoms. The van der Waals surface area contributed by atoms with E-state index in [9.17, 15) is 0 Å². The molecule has 0 spiro atoms. The summed E-state index contributed by atoms with van der Waals surface area (Å²) in [6.07, 6.45) is 8.13. The van der Waals surface area contributed by atoms with Crippen LogP contribution in [0.4, 0.5) is 0 Å². The van der Waals surface area contributed by atoms with E-state index in [0.717, 1.165) is 17.9 Å². The van der Waals surface area contributed by atoms with Crippen molar-refractivity contribution in [2.24, 2.45) is 16.5 Å². The van der Waals surface area contributed by atoms with Gasteiger partial charge in [0.25, 0.3) is 0 Å². The van der Waals surface area contributed by atoms with Crippen molar-refractivity contribution >= 4 is 5.84 Å². The van der Waals surface area contributed by atoms with Crippen LogP contribution in [-0.2, 0) is 5.79 Å². The number of likely N-dealkylation sites (tertiary alicyclic amines) is 1. The molecule has 1 unspecified atom stereocenters. The van der Waals surface area contributed by atoms with Crippen molar-refractivity contribution in [1.29, 1.82) is 0 Å². The van der Waals surface area contributed by atoms with E-state index in [4.69, 9.17) is 16.2 Å². The van der Waals surface area contributed by atoms with Gasteiger partial charge in [0.05, 0.1) is 0 Å². The summed E-state index contributed by atoms with van der Waals surface area (Å²) >= 11 is 0. The number of aliphatic imine (C=N–C) groups is 1. The molecule has 0 amide bonds. The Labute approximate surface area is 147 Å². The number of nitrogens with two attached hydrogens (primary N) is 2. The van der Waals surface area contributed by atoms with Crippen molar-refractivity contribution in [3.8, 4) is 5.75 Å². The van der Waals surface area contributed by atoms with Crippen molar-refractivity contribution in [3.05, 3.63) is 53.9 Å². The van der Waals surface area contributed by atoms with Gasteiger partial charge in [0.1, 0.15) is 24.0 Å². The fourth-order valence-electron chi connectivity index (χ4n) is 3.33. The molecule has 4 rings (SSSR count). The molecule has 1 atom stereocenters. The number of allylic oxidation sites excluding steroid dienone is 2. The molecule has 0 aromatic heterocycles. The summed E-state index contributed by atoms with van der Waals surface area (Å²) in [7, 11) is 0. The van der Waals surface area contributed by atoms with Crippen LogP contribution >= 0.6 is 0 Å². The normalized spacial score (nSPS) is 25.7. The highest BCUT2D eigenvalue weighted by Gasteiger charge is 2.37. The van der Waals surface area contributed by atoms with Gasteiger partial charge in [0.15, 0.2) is 0 Å². The smallest absolute Gasteiger partial charge is 0.208 e. The van der Waals surface area contributed by atoms with E-state index < -0.39 is 5.79 Å². The standard InChI is InChI=1S/C18H24N6O/c19-16-4-3-5-17-21-18(20,22-24(16)17)14-6-8-15(9-7-14)25-13-12-23-10-1-2-11-23/h3-9,22H,1-2,10-13,19-20H2. The summed E-state index contributed by atoms with van der Waals surface area (Å²) < 4.78 is 5.84. The van der Waals surface area contributed by atoms with Crippen LogP contribution in [0.3, 0.4) is 0 Å². The Morgan fingerprint density at radius 3 is 2.68 bits per heavy atom. The maximum absolute atomic E-state index is 6.43. The summed E-state index contributed by atoms with van der Waals surface area (Å²) in [5, 5.41) is 1.69. The zero-order valence-corrected chi connectivity index (χ0v) is 14.2. The van der Waals surface area contributed by atoms with Crippen LogP contribution in [-0.4, -0.2) is 42.0 Å². The first kappa shape index (κ1) is 16.1. The lowest BCUT2D eigenvalue weighted by Gasteiger charge is -2.27. The van der Waals surface area contributed by atoms with Crippen LogP contribution in [0.15, 0.2) is 53.3 Å². The largest absolute Gasteiger partial charge is 0.492 e. The van der Waals surface area contributed by atoms with Gasteiger partial charge in [-0.1, -0.05) is 18.2 Å². The molecule has 5 N–H and O–H groups in total. The minimum atomic E-state index is -1.03. The third-order valence-electron chi connectivity index (χ3n) is 4.74. The van der Waals surface area contributed by atoms with Gasteiger partial charge >= 0.3 is 0 Å². The highest BCUT2D eigenvalue weighted by atomic mass is 16.5. The minimum Gasteiger partial charge on any atom is -0.492 e. The average Bonchev–Trinajstić information content (AvgIpc) is 3.24. The second-order valence-electron chi connectivity index (χ2n) is 6.56. The first-order valence-corrected chi connectivity index (χ1v) is 8.70. The van der Waals surface area contributed by atoms with Gasteiger partial charge in [0, 0.05) is 12.1 Å². The summed E-state index contributed by atoms with van der Waals surface area (Å²) in [6, 6.07) is 7.74. The third-order valence-corrected chi connectivity index (χ3v) is 4.74. The molecule has 3 aliphatic rings. The number of ether oxygens (including phenoxy) is 1. The Kier molecular flexibility index (Phi) is 4.20. The molecule has 132 valence electrons. The summed E-state index contributed by atoms with van der Waals surface area (Å²) in [6.45, 7) is 4.05. The van der Waals surface area contributed by atoms with Gasteiger partial charge in [0.2, 0.25) is 5.79 Å². The van der Waals surface area contributed by atoms with Crippen LogP contribution in [0.25, 0.3) is 0 Å². The molecule has 3 aliphatic heterocycles. The van der Waals surface area contributed by atoms with Gasteiger partial charge in [-0.05, 0) is 50.2 Å². The quantitative estimate of drug-likeness (QED) is 0.735. The van der Waals surface area contributed by atoms with Crippen LogP contribution in [0.1, 0.15) is 18.4 Å². The van der Waals surface area contributed by atoms with Crippen molar-refractivity contribution in [1.82, 2.24) is 15.3 Å². The van der Waals surface area contributed by atoms with Crippen LogP contribution in [0.5, 0.6) is 5.75 Å². The number of amidine groups is 1. The van der Waals surface area contributed by atoms with Crippen LogP contribution in [0.2, 0.25) is 0 Å². The predicted octanol–water partition coefficient (Wildman–Crippen LogP) is 0.819. The Balaban J connectivity index is 1.39. The van der Waals surface area contributed by atoms with Crippen molar-refractivity contribution in [3.63, 3.8) is 0 Å². The second-order valence-corrected chi connectivity index (χ2v) is 6.56. The first-order valence-electron chi connectivity index (χ1n) is 8.70. The average molecular weight is 340 g/mol. The molecule has 3 heterocycles. The maximum atomic E-state index is 6.43. The fourth-order valence-corrected chi connectivity index (χ4v) is 3.33. The third kappa shape index (κ3) is 3.26. The van der Waals surface area contributed by atoms with Gasteiger partial charge < -0.3 is 10.5 Å². The summed E-state index contributed by atoms with van der Waals surface area (Å²) in [5.74, 6) is 1.08. The monoisotopic (exact) mass is 340 g/mol.